The minimum Gasteiger partial charge on any atom is -0.445 e. The van der Waals surface area contributed by atoms with Crippen LogP contribution in [-0.4, -0.2) is 41.2 Å². The fraction of sp³-hybridized carbons (Fsp3) is 0.632. The quantitative estimate of drug-likeness (QED) is 0.894. The Kier molecular flexibility index (Phi) is 5.27. The van der Waals surface area contributed by atoms with E-state index in [1.54, 1.807) is 4.90 Å². The molecule has 0 aromatic heterocycles. The molecular weight excluding hydrogens is 328 g/mol. The maximum Gasteiger partial charge on any atom is 0.410 e. The van der Waals surface area contributed by atoms with Crippen LogP contribution >= 0.6 is 0 Å². The van der Waals surface area contributed by atoms with Crippen LogP contribution < -0.4 is 0 Å². The van der Waals surface area contributed by atoms with Crippen LogP contribution in [0.1, 0.15) is 44.1 Å². The van der Waals surface area contributed by atoms with Gasteiger partial charge < -0.3 is 14.7 Å². The van der Waals surface area contributed by atoms with Gasteiger partial charge in [-0.1, -0.05) is 30.3 Å². The average Bonchev–Trinajstić information content (AvgIpc) is 2.64. The lowest BCUT2D eigenvalue weighted by Crippen LogP contribution is -2.49. The highest BCUT2D eigenvalue weighted by Gasteiger charge is 2.47. The first-order valence-corrected chi connectivity index (χ1v) is 8.89. The fourth-order valence-corrected chi connectivity index (χ4v) is 3.91. The molecule has 3 rings (SSSR count). The van der Waals surface area contributed by atoms with E-state index < -0.39 is 12.0 Å². The zero-order valence-corrected chi connectivity index (χ0v) is 14.3. The summed E-state index contributed by atoms with van der Waals surface area (Å²) in [6, 6.07) is 9.53. The molecule has 1 spiro atoms. The number of hydrogen-bond acceptors (Lipinski definition) is 3. The van der Waals surface area contributed by atoms with Gasteiger partial charge in [-0.05, 0) is 49.5 Å². The van der Waals surface area contributed by atoms with Gasteiger partial charge in [-0.3, -0.25) is 0 Å². The first-order valence-electron chi connectivity index (χ1n) is 8.89. The first kappa shape index (κ1) is 18.1. The molecule has 2 aliphatic rings. The Morgan fingerprint density at radius 1 is 1.08 bits per heavy atom. The molecule has 1 N–H and O–H groups in total. The molecule has 2 fully saturated rings. The molecule has 1 aromatic rings. The van der Waals surface area contributed by atoms with Crippen molar-refractivity contribution in [3.05, 3.63) is 35.9 Å². The van der Waals surface area contributed by atoms with Crippen molar-refractivity contribution in [3.8, 4) is 0 Å². The Labute approximate surface area is 146 Å². The van der Waals surface area contributed by atoms with Crippen LogP contribution in [0.2, 0.25) is 0 Å². The van der Waals surface area contributed by atoms with Gasteiger partial charge in [-0.25, -0.2) is 13.6 Å². The van der Waals surface area contributed by atoms with Crippen LogP contribution in [0.4, 0.5) is 13.6 Å². The standard InChI is InChI=1S/C19H25F2NO3/c20-16(21)19(24)8-6-18(7-9-19)10-12-22(13-11-18)17(23)25-14-15-4-2-1-3-5-15/h1-5,16,24H,6-14H2. The van der Waals surface area contributed by atoms with E-state index in [-0.39, 0.29) is 31.0 Å². The van der Waals surface area contributed by atoms with Gasteiger partial charge in [0.1, 0.15) is 12.2 Å². The molecular formula is C19H25F2NO3. The normalized spacial score (nSPS) is 22.2. The number of hydrogen-bond donors (Lipinski definition) is 1. The third-order valence-corrected chi connectivity index (χ3v) is 5.87. The van der Waals surface area contributed by atoms with Crippen LogP contribution in [0.25, 0.3) is 0 Å². The maximum absolute atomic E-state index is 12.9. The lowest BCUT2D eigenvalue weighted by atomic mass is 9.64. The fourth-order valence-electron chi connectivity index (χ4n) is 3.91. The van der Waals surface area contributed by atoms with E-state index >= 15 is 0 Å². The zero-order chi connectivity index (χ0) is 17.9. The van der Waals surface area contributed by atoms with Crippen molar-refractivity contribution in [2.24, 2.45) is 5.41 Å². The number of nitrogens with zero attached hydrogens (tertiary/aromatic N) is 1. The third kappa shape index (κ3) is 4.11. The highest BCUT2D eigenvalue weighted by Crippen LogP contribution is 2.49. The SMILES string of the molecule is O=C(OCc1ccccc1)N1CCC2(CC1)CCC(O)(C(F)F)CC2. The zero-order valence-electron chi connectivity index (χ0n) is 14.3. The van der Waals surface area contributed by atoms with Crippen LogP contribution in [0.5, 0.6) is 0 Å². The van der Waals surface area contributed by atoms with Gasteiger partial charge in [-0.2, -0.15) is 0 Å². The van der Waals surface area contributed by atoms with Crippen molar-refractivity contribution in [1.82, 2.24) is 4.90 Å². The van der Waals surface area contributed by atoms with E-state index in [0.717, 1.165) is 18.4 Å². The molecule has 0 unspecified atom stereocenters. The number of ether oxygens (including phenoxy) is 1. The van der Waals surface area contributed by atoms with Gasteiger partial charge >= 0.3 is 6.09 Å². The average molecular weight is 353 g/mol. The Morgan fingerprint density at radius 2 is 1.68 bits per heavy atom. The maximum atomic E-state index is 12.9. The third-order valence-electron chi connectivity index (χ3n) is 5.87. The molecule has 138 valence electrons. The van der Waals surface area contributed by atoms with Gasteiger partial charge in [0, 0.05) is 13.1 Å². The van der Waals surface area contributed by atoms with Gasteiger partial charge in [0.2, 0.25) is 0 Å². The molecule has 1 saturated heterocycles. The van der Waals surface area contributed by atoms with Crippen molar-refractivity contribution in [1.29, 1.82) is 0 Å². The molecule has 1 amide bonds. The van der Waals surface area contributed by atoms with Crippen molar-refractivity contribution in [2.45, 2.75) is 57.2 Å². The number of aliphatic hydroxyl groups is 1. The minimum absolute atomic E-state index is 0.0165. The molecule has 1 aromatic carbocycles. The number of carbonyl (C=O) groups excluding carboxylic acids is 1. The molecule has 1 aliphatic heterocycles. The van der Waals surface area contributed by atoms with Gasteiger partial charge in [0.05, 0.1) is 0 Å². The Hall–Kier alpha value is -1.69. The molecule has 0 bridgehead atoms. The monoisotopic (exact) mass is 353 g/mol. The second-order valence-electron chi connectivity index (χ2n) is 7.43. The predicted molar refractivity (Wildman–Crippen MR) is 89.3 cm³/mol. The summed E-state index contributed by atoms with van der Waals surface area (Å²) >= 11 is 0. The summed E-state index contributed by atoms with van der Waals surface area (Å²) in [5.41, 5.74) is -0.892. The van der Waals surface area contributed by atoms with Crippen LogP contribution in [-0.2, 0) is 11.3 Å². The Bertz CT molecular complexity index is 576. The Morgan fingerprint density at radius 3 is 2.24 bits per heavy atom. The summed E-state index contributed by atoms with van der Waals surface area (Å²) in [5.74, 6) is 0. The molecule has 0 radical (unpaired) electrons. The number of halogens is 2. The van der Waals surface area contributed by atoms with Gasteiger partial charge in [0.25, 0.3) is 6.43 Å². The number of alkyl halides is 2. The molecule has 1 saturated carbocycles. The summed E-state index contributed by atoms with van der Waals surface area (Å²) in [7, 11) is 0. The van der Waals surface area contributed by atoms with Gasteiger partial charge in [-0.15, -0.1) is 0 Å². The highest BCUT2D eigenvalue weighted by atomic mass is 19.3. The van der Waals surface area contributed by atoms with Crippen LogP contribution in [0.3, 0.4) is 0 Å². The van der Waals surface area contributed by atoms with E-state index in [0.29, 0.717) is 25.9 Å². The number of carbonyl (C=O) groups is 1. The number of rotatable bonds is 3. The highest BCUT2D eigenvalue weighted by molar-refractivity contribution is 5.67. The van der Waals surface area contributed by atoms with Crippen LogP contribution in [0, 0.1) is 5.41 Å². The van der Waals surface area contributed by atoms with E-state index in [1.807, 2.05) is 30.3 Å². The molecule has 6 heteroatoms. The van der Waals surface area contributed by atoms with E-state index in [9.17, 15) is 18.7 Å². The number of piperidine rings is 1. The summed E-state index contributed by atoms with van der Waals surface area (Å²) < 4.78 is 31.2. The number of amides is 1. The van der Waals surface area contributed by atoms with Crippen molar-refractivity contribution < 1.29 is 23.4 Å². The molecule has 1 heterocycles. The van der Waals surface area contributed by atoms with Crippen LogP contribution in [0.15, 0.2) is 30.3 Å². The number of likely N-dealkylation sites (tertiary alicyclic amines) is 1. The number of benzene rings is 1. The van der Waals surface area contributed by atoms with Crippen molar-refractivity contribution in [2.75, 3.05) is 13.1 Å². The molecule has 25 heavy (non-hydrogen) atoms. The first-order chi connectivity index (χ1) is 11.9. The Balaban J connectivity index is 1.46. The summed E-state index contributed by atoms with van der Waals surface area (Å²) in [6.45, 7) is 1.42. The molecule has 0 atom stereocenters. The summed E-state index contributed by atoms with van der Waals surface area (Å²) in [5, 5.41) is 9.95. The second kappa shape index (κ2) is 7.28. The summed E-state index contributed by atoms with van der Waals surface area (Å²) in [6.07, 6.45) is 0.0456. The predicted octanol–water partition coefficient (Wildman–Crippen LogP) is 3.98. The molecule has 4 nitrogen and oxygen atoms in total. The van der Waals surface area contributed by atoms with E-state index in [1.165, 1.54) is 0 Å². The van der Waals surface area contributed by atoms with Crippen molar-refractivity contribution in [3.63, 3.8) is 0 Å². The van der Waals surface area contributed by atoms with E-state index in [4.69, 9.17) is 4.74 Å². The van der Waals surface area contributed by atoms with Crippen molar-refractivity contribution >= 4 is 6.09 Å². The minimum atomic E-state index is -2.68. The lowest BCUT2D eigenvalue weighted by Gasteiger charge is -2.47. The molecule has 1 aliphatic carbocycles. The van der Waals surface area contributed by atoms with E-state index in [2.05, 4.69) is 0 Å². The second-order valence-corrected chi connectivity index (χ2v) is 7.43. The smallest absolute Gasteiger partial charge is 0.410 e. The van der Waals surface area contributed by atoms with Gasteiger partial charge in [0.15, 0.2) is 0 Å². The largest absolute Gasteiger partial charge is 0.445 e. The summed E-state index contributed by atoms with van der Waals surface area (Å²) in [4.78, 5) is 13.9. The lowest BCUT2D eigenvalue weighted by molar-refractivity contribution is -0.138. The topological polar surface area (TPSA) is 49.8 Å².